The largest absolute Gasteiger partial charge is 0.306 e. The third kappa shape index (κ3) is 2.46. The number of aromatic nitrogens is 2. The van der Waals surface area contributed by atoms with E-state index in [9.17, 15) is 18.9 Å². The van der Waals surface area contributed by atoms with Crippen LogP contribution in [0.15, 0.2) is 12.4 Å². The van der Waals surface area contributed by atoms with Gasteiger partial charge >= 0.3 is 5.69 Å². The van der Waals surface area contributed by atoms with Crippen LogP contribution in [-0.2, 0) is 6.54 Å². The van der Waals surface area contributed by atoms with Crippen molar-refractivity contribution in [3.8, 4) is 0 Å². The maximum atomic E-state index is 12.4. The molecule has 1 atom stereocenters. The van der Waals surface area contributed by atoms with Crippen LogP contribution in [0.1, 0.15) is 0 Å². The Morgan fingerprint density at radius 3 is 2.92 bits per heavy atom. The average Bonchev–Trinajstić information content (AvgIpc) is 2.52. The summed E-state index contributed by atoms with van der Waals surface area (Å²) in [6, 6.07) is 0. The van der Waals surface area contributed by atoms with Crippen molar-refractivity contribution >= 4 is 5.69 Å². The molecule has 0 aliphatic carbocycles. The van der Waals surface area contributed by atoms with E-state index in [1.54, 1.807) is 0 Å². The molecule has 0 aliphatic rings. The molecule has 1 aromatic heterocycles. The minimum absolute atomic E-state index is 0.231. The minimum Gasteiger partial charge on any atom is -0.263 e. The second-order valence-electron chi connectivity index (χ2n) is 2.43. The van der Waals surface area contributed by atoms with Gasteiger partial charge in [-0.1, -0.05) is 0 Å². The molecule has 1 rings (SSSR count). The van der Waals surface area contributed by atoms with Crippen molar-refractivity contribution < 1.29 is 13.7 Å². The van der Waals surface area contributed by atoms with Gasteiger partial charge in [-0.05, 0) is 0 Å². The normalized spacial score (nSPS) is 12.8. The molecule has 0 aliphatic heterocycles. The van der Waals surface area contributed by atoms with Crippen molar-refractivity contribution in [2.75, 3.05) is 6.67 Å². The fourth-order valence-electron chi connectivity index (χ4n) is 0.799. The molecule has 1 unspecified atom stereocenters. The van der Waals surface area contributed by atoms with Gasteiger partial charge in [0.15, 0.2) is 0 Å². The molecule has 0 bridgehead atoms. The Labute approximate surface area is 72.1 Å². The SMILES string of the molecule is O=[N+]([O-])c1cnn(CC(F)CF)c1. The minimum atomic E-state index is -1.67. The summed E-state index contributed by atoms with van der Waals surface area (Å²) >= 11 is 0. The molecule has 72 valence electrons. The Morgan fingerprint density at radius 1 is 1.77 bits per heavy atom. The second kappa shape index (κ2) is 3.92. The van der Waals surface area contributed by atoms with Crippen molar-refractivity contribution in [1.29, 1.82) is 0 Å². The van der Waals surface area contributed by atoms with Gasteiger partial charge in [-0.3, -0.25) is 14.8 Å². The first-order valence-electron chi connectivity index (χ1n) is 3.50. The van der Waals surface area contributed by atoms with Gasteiger partial charge in [0.25, 0.3) is 0 Å². The van der Waals surface area contributed by atoms with Gasteiger partial charge in [-0.25, -0.2) is 8.78 Å². The lowest BCUT2D eigenvalue weighted by molar-refractivity contribution is -0.385. The first kappa shape index (κ1) is 9.56. The van der Waals surface area contributed by atoms with Crippen LogP contribution in [0.5, 0.6) is 0 Å². The third-order valence-corrected chi connectivity index (χ3v) is 1.38. The van der Waals surface area contributed by atoms with Gasteiger partial charge < -0.3 is 0 Å². The Hall–Kier alpha value is -1.53. The van der Waals surface area contributed by atoms with E-state index in [1.165, 1.54) is 0 Å². The van der Waals surface area contributed by atoms with Crippen molar-refractivity contribution in [3.63, 3.8) is 0 Å². The topological polar surface area (TPSA) is 61.0 Å². The predicted octanol–water partition coefficient (Wildman–Crippen LogP) is 1.10. The maximum Gasteiger partial charge on any atom is 0.306 e. The van der Waals surface area contributed by atoms with Gasteiger partial charge in [-0.15, -0.1) is 0 Å². The number of hydrogen-bond donors (Lipinski definition) is 0. The highest BCUT2D eigenvalue weighted by molar-refractivity contribution is 5.20. The van der Waals surface area contributed by atoms with E-state index >= 15 is 0 Å². The first-order valence-corrected chi connectivity index (χ1v) is 3.50. The molecular weight excluding hydrogens is 184 g/mol. The monoisotopic (exact) mass is 191 g/mol. The Bertz CT molecular complexity index is 302. The van der Waals surface area contributed by atoms with E-state index in [2.05, 4.69) is 5.10 Å². The highest BCUT2D eigenvalue weighted by atomic mass is 19.2. The van der Waals surface area contributed by atoms with Gasteiger partial charge in [0.2, 0.25) is 0 Å². The Balaban J connectivity index is 2.64. The van der Waals surface area contributed by atoms with Crippen molar-refractivity contribution in [2.24, 2.45) is 0 Å². The fraction of sp³-hybridized carbons (Fsp3) is 0.500. The van der Waals surface area contributed by atoms with Gasteiger partial charge in [-0.2, -0.15) is 5.10 Å². The molecule has 0 spiro atoms. The highest BCUT2D eigenvalue weighted by Gasteiger charge is 2.12. The number of rotatable bonds is 4. The summed E-state index contributed by atoms with van der Waals surface area (Å²) < 4.78 is 25.1. The molecule has 1 heterocycles. The van der Waals surface area contributed by atoms with Crippen molar-refractivity contribution in [2.45, 2.75) is 12.7 Å². The first-order chi connectivity index (χ1) is 6.13. The molecule has 7 heteroatoms. The molecule has 0 saturated heterocycles. The fourth-order valence-corrected chi connectivity index (χ4v) is 0.799. The Kier molecular flexibility index (Phi) is 2.88. The lowest BCUT2D eigenvalue weighted by atomic mass is 10.4. The number of halogens is 2. The molecule has 0 radical (unpaired) electrons. The van der Waals surface area contributed by atoms with Crippen LogP contribution in [0, 0.1) is 10.1 Å². The molecule has 0 saturated carbocycles. The summed E-state index contributed by atoms with van der Waals surface area (Å²) in [5.41, 5.74) is -0.231. The van der Waals surface area contributed by atoms with E-state index in [0.29, 0.717) is 0 Å². The smallest absolute Gasteiger partial charge is 0.263 e. The number of nitro groups is 1. The molecular formula is C6H7F2N3O2. The van der Waals surface area contributed by atoms with Crippen LogP contribution in [0.2, 0.25) is 0 Å². The van der Waals surface area contributed by atoms with Crippen LogP contribution < -0.4 is 0 Å². The zero-order chi connectivity index (χ0) is 9.84. The third-order valence-electron chi connectivity index (χ3n) is 1.38. The van der Waals surface area contributed by atoms with Crippen molar-refractivity contribution in [3.05, 3.63) is 22.5 Å². The van der Waals surface area contributed by atoms with E-state index in [4.69, 9.17) is 0 Å². The molecule has 0 fully saturated rings. The average molecular weight is 191 g/mol. The predicted molar refractivity (Wildman–Crippen MR) is 39.8 cm³/mol. The molecule has 13 heavy (non-hydrogen) atoms. The Morgan fingerprint density at radius 2 is 2.46 bits per heavy atom. The van der Waals surface area contributed by atoms with Gasteiger partial charge in [0, 0.05) is 0 Å². The molecule has 0 N–H and O–H groups in total. The lowest BCUT2D eigenvalue weighted by Crippen LogP contribution is -2.13. The maximum absolute atomic E-state index is 12.4. The number of hydrogen-bond acceptors (Lipinski definition) is 3. The summed E-state index contributed by atoms with van der Waals surface area (Å²) in [5.74, 6) is 0. The van der Waals surface area contributed by atoms with E-state index in [-0.39, 0.29) is 12.2 Å². The zero-order valence-electron chi connectivity index (χ0n) is 6.56. The van der Waals surface area contributed by atoms with Crippen LogP contribution in [0.4, 0.5) is 14.5 Å². The van der Waals surface area contributed by atoms with Gasteiger partial charge in [0.05, 0.1) is 11.5 Å². The lowest BCUT2D eigenvalue weighted by Gasteiger charge is -2.01. The highest BCUT2D eigenvalue weighted by Crippen LogP contribution is 2.08. The standard InChI is InChI=1S/C6H7F2N3O2/c7-1-5(8)3-10-4-6(2-9-10)11(12)13/h2,4-5H,1,3H2. The van der Waals surface area contributed by atoms with Crippen LogP contribution in [-0.4, -0.2) is 27.6 Å². The summed E-state index contributed by atoms with van der Waals surface area (Å²) in [7, 11) is 0. The second-order valence-corrected chi connectivity index (χ2v) is 2.43. The molecule has 5 nitrogen and oxygen atoms in total. The van der Waals surface area contributed by atoms with E-state index in [1.807, 2.05) is 0 Å². The quantitative estimate of drug-likeness (QED) is 0.528. The van der Waals surface area contributed by atoms with Crippen molar-refractivity contribution in [1.82, 2.24) is 9.78 Å². The zero-order valence-corrected chi connectivity index (χ0v) is 6.56. The summed E-state index contributed by atoms with van der Waals surface area (Å²) in [5, 5.41) is 13.6. The van der Waals surface area contributed by atoms with Crippen LogP contribution in [0.25, 0.3) is 0 Å². The van der Waals surface area contributed by atoms with Crippen LogP contribution >= 0.6 is 0 Å². The van der Waals surface area contributed by atoms with Gasteiger partial charge in [0.1, 0.15) is 25.2 Å². The summed E-state index contributed by atoms with van der Waals surface area (Å²) in [6.07, 6.45) is 0.382. The molecule has 1 aromatic rings. The van der Waals surface area contributed by atoms with E-state index in [0.717, 1.165) is 17.1 Å². The van der Waals surface area contributed by atoms with E-state index < -0.39 is 17.8 Å². The number of nitrogens with zero attached hydrogens (tertiary/aromatic N) is 3. The summed E-state index contributed by atoms with van der Waals surface area (Å²) in [6.45, 7) is -1.42. The molecule has 0 amide bonds. The summed E-state index contributed by atoms with van der Waals surface area (Å²) in [4.78, 5) is 9.51. The van der Waals surface area contributed by atoms with Crippen LogP contribution in [0.3, 0.4) is 0 Å². The molecule has 0 aromatic carbocycles. The number of alkyl halides is 2.